The number of pyridine rings is 2. The molecule has 2 heterocycles. The first kappa shape index (κ1) is 21.7. The number of ether oxygens (including phenoxy) is 2. The molecule has 0 fully saturated rings. The molecule has 0 aromatic carbocycles. The van der Waals surface area contributed by atoms with Gasteiger partial charge in [-0.3, -0.25) is 25.0 Å². The van der Waals surface area contributed by atoms with E-state index in [0.29, 0.717) is 6.07 Å². The Kier molecular flexibility index (Phi) is 7.25. The monoisotopic (exact) mass is 396 g/mol. The Labute approximate surface area is 154 Å². The molecule has 0 saturated heterocycles. The number of esters is 1. The normalized spacial score (nSPS) is 9.50. The number of aromatic nitrogens is 2. The number of hydrogen-bond acceptors (Lipinski definition) is 10. The number of carbonyl (C=O) groups is 2. The van der Waals surface area contributed by atoms with Gasteiger partial charge in [-0.15, -0.1) is 0 Å². The SMILES string of the molecule is COC(=O)c1cc([N+](=O)[O-])cnc1OC.O=C(O)c1cc([N+](=O)[O-])c[nH]c1=O. The zero-order chi connectivity index (χ0) is 21.4. The molecule has 0 atom stereocenters. The summed E-state index contributed by atoms with van der Waals surface area (Å²) in [7, 11) is 2.47. The van der Waals surface area contributed by atoms with E-state index in [4.69, 9.17) is 9.84 Å². The third-order valence-electron chi connectivity index (χ3n) is 2.98. The van der Waals surface area contributed by atoms with Crippen molar-refractivity contribution in [3.05, 3.63) is 66.2 Å². The Morgan fingerprint density at radius 1 is 1.11 bits per heavy atom. The highest BCUT2D eigenvalue weighted by atomic mass is 16.6. The van der Waals surface area contributed by atoms with Crippen molar-refractivity contribution in [2.24, 2.45) is 0 Å². The van der Waals surface area contributed by atoms with Crippen molar-refractivity contribution in [3.8, 4) is 5.88 Å². The van der Waals surface area contributed by atoms with Crippen LogP contribution >= 0.6 is 0 Å². The standard InChI is InChI=1S/C8H8N2O5.C6H4N2O5/c1-14-7-6(8(11)15-2)3-5(4-9-7)10(12)13;9-5-4(6(10)11)1-3(2-7-5)8(12)13/h3-4H,1-2H3;1-2H,(H,7,9)(H,10,11). The topological polar surface area (TPSA) is 205 Å². The molecule has 0 unspecified atom stereocenters. The number of aromatic carboxylic acids is 1. The van der Waals surface area contributed by atoms with Gasteiger partial charge in [-0.05, 0) is 0 Å². The fourth-order valence-electron chi connectivity index (χ4n) is 1.70. The molecular formula is C14H12N4O10. The fraction of sp³-hybridized carbons (Fsp3) is 0.143. The first-order valence-electron chi connectivity index (χ1n) is 6.99. The first-order valence-corrected chi connectivity index (χ1v) is 6.99. The Morgan fingerprint density at radius 3 is 2.14 bits per heavy atom. The molecule has 0 radical (unpaired) electrons. The first-order chi connectivity index (χ1) is 13.1. The van der Waals surface area contributed by atoms with E-state index in [2.05, 4.69) is 9.72 Å². The predicted octanol–water partition coefficient (Wildman–Crippen LogP) is 0.766. The third-order valence-corrected chi connectivity index (χ3v) is 2.98. The number of carboxylic acids is 1. The number of aromatic amines is 1. The maximum absolute atomic E-state index is 11.2. The van der Waals surface area contributed by atoms with Crippen LogP contribution in [0, 0.1) is 20.2 Å². The van der Waals surface area contributed by atoms with Crippen LogP contribution in [0.5, 0.6) is 5.88 Å². The number of carbonyl (C=O) groups excluding carboxylic acids is 1. The summed E-state index contributed by atoms with van der Waals surface area (Å²) in [6.07, 6.45) is 1.85. The van der Waals surface area contributed by atoms with Crippen molar-refractivity contribution >= 4 is 23.3 Å². The summed E-state index contributed by atoms with van der Waals surface area (Å²) < 4.78 is 9.20. The van der Waals surface area contributed by atoms with Gasteiger partial charge in [0.15, 0.2) is 0 Å². The maximum Gasteiger partial charge on any atom is 0.343 e. The zero-order valence-corrected chi connectivity index (χ0v) is 14.3. The average Bonchev–Trinajstić information content (AvgIpc) is 2.67. The lowest BCUT2D eigenvalue weighted by Gasteiger charge is -2.04. The molecular weight excluding hydrogens is 384 g/mol. The van der Waals surface area contributed by atoms with Gasteiger partial charge in [-0.25, -0.2) is 14.6 Å². The molecule has 0 aliphatic heterocycles. The molecule has 0 saturated carbocycles. The van der Waals surface area contributed by atoms with E-state index >= 15 is 0 Å². The second-order valence-corrected chi connectivity index (χ2v) is 4.66. The number of H-pyrrole nitrogens is 1. The van der Waals surface area contributed by atoms with Gasteiger partial charge in [0.1, 0.15) is 17.3 Å². The van der Waals surface area contributed by atoms with Crippen molar-refractivity contribution in [3.63, 3.8) is 0 Å². The second kappa shape index (κ2) is 9.37. The van der Waals surface area contributed by atoms with E-state index in [9.17, 15) is 34.6 Å². The van der Waals surface area contributed by atoms with Gasteiger partial charge in [0.2, 0.25) is 5.88 Å². The number of hydrogen-bond donors (Lipinski definition) is 2. The van der Waals surface area contributed by atoms with Crippen LogP contribution in [0.4, 0.5) is 11.4 Å². The van der Waals surface area contributed by atoms with Gasteiger partial charge in [-0.1, -0.05) is 0 Å². The van der Waals surface area contributed by atoms with Crippen LogP contribution in [0.3, 0.4) is 0 Å². The van der Waals surface area contributed by atoms with Crippen LogP contribution in [-0.2, 0) is 4.74 Å². The summed E-state index contributed by atoms with van der Waals surface area (Å²) in [5, 5.41) is 29.0. The largest absolute Gasteiger partial charge is 0.480 e. The Hall–Kier alpha value is -4.36. The van der Waals surface area contributed by atoms with E-state index in [1.165, 1.54) is 14.2 Å². The highest BCUT2D eigenvalue weighted by Gasteiger charge is 2.19. The van der Waals surface area contributed by atoms with Gasteiger partial charge >= 0.3 is 11.9 Å². The summed E-state index contributed by atoms with van der Waals surface area (Å²) in [4.78, 5) is 57.1. The number of nitro groups is 2. The average molecular weight is 396 g/mol. The van der Waals surface area contributed by atoms with Crippen LogP contribution in [0.2, 0.25) is 0 Å². The number of methoxy groups -OCH3 is 2. The molecule has 0 amide bonds. The van der Waals surface area contributed by atoms with Crippen molar-refractivity contribution in [1.29, 1.82) is 0 Å². The number of nitrogens with zero attached hydrogens (tertiary/aromatic N) is 3. The smallest absolute Gasteiger partial charge is 0.343 e. The van der Waals surface area contributed by atoms with Gasteiger partial charge < -0.3 is 19.6 Å². The van der Waals surface area contributed by atoms with Crippen LogP contribution in [0.15, 0.2) is 29.3 Å². The molecule has 2 aromatic heterocycles. The molecule has 0 spiro atoms. The lowest BCUT2D eigenvalue weighted by Crippen LogP contribution is -2.17. The van der Waals surface area contributed by atoms with Crippen molar-refractivity contribution in [2.45, 2.75) is 0 Å². The van der Waals surface area contributed by atoms with Gasteiger partial charge in [0.25, 0.3) is 16.9 Å². The predicted molar refractivity (Wildman–Crippen MR) is 89.5 cm³/mol. The Morgan fingerprint density at radius 2 is 1.68 bits per heavy atom. The van der Waals surface area contributed by atoms with Crippen molar-refractivity contribution in [1.82, 2.24) is 9.97 Å². The number of rotatable bonds is 5. The highest BCUT2D eigenvalue weighted by Crippen LogP contribution is 2.21. The van der Waals surface area contributed by atoms with E-state index in [0.717, 1.165) is 18.5 Å². The summed E-state index contributed by atoms with van der Waals surface area (Å²) in [6, 6.07) is 1.76. The van der Waals surface area contributed by atoms with Crippen LogP contribution in [0.25, 0.3) is 0 Å². The lowest BCUT2D eigenvalue weighted by molar-refractivity contribution is -0.385. The maximum atomic E-state index is 11.2. The Bertz CT molecular complexity index is 984. The summed E-state index contributed by atoms with van der Waals surface area (Å²) in [5.41, 5.74) is -2.34. The minimum absolute atomic E-state index is 0.00699. The summed E-state index contributed by atoms with van der Waals surface area (Å²) >= 11 is 0. The third kappa shape index (κ3) is 5.32. The molecule has 0 aliphatic carbocycles. The van der Waals surface area contributed by atoms with E-state index in [1.54, 1.807) is 0 Å². The minimum Gasteiger partial charge on any atom is -0.480 e. The lowest BCUT2D eigenvalue weighted by atomic mass is 10.2. The van der Waals surface area contributed by atoms with E-state index < -0.39 is 38.6 Å². The van der Waals surface area contributed by atoms with Gasteiger partial charge in [0, 0.05) is 12.1 Å². The molecule has 14 nitrogen and oxygen atoms in total. The summed E-state index contributed by atoms with van der Waals surface area (Å²) in [5.74, 6) is -2.24. The molecule has 0 aliphatic rings. The van der Waals surface area contributed by atoms with E-state index in [-0.39, 0.29) is 17.1 Å². The molecule has 2 N–H and O–H groups in total. The van der Waals surface area contributed by atoms with Gasteiger partial charge in [-0.2, -0.15) is 0 Å². The van der Waals surface area contributed by atoms with Crippen LogP contribution in [-0.4, -0.2) is 51.1 Å². The molecule has 2 rings (SSSR count). The highest BCUT2D eigenvalue weighted by molar-refractivity contribution is 5.92. The molecule has 14 heteroatoms. The van der Waals surface area contributed by atoms with Crippen LogP contribution < -0.4 is 10.3 Å². The van der Waals surface area contributed by atoms with E-state index in [1.807, 2.05) is 4.98 Å². The fourth-order valence-corrected chi connectivity index (χ4v) is 1.70. The second-order valence-electron chi connectivity index (χ2n) is 4.66. The van der Waals surface area contributed by atoms with Gasteiger partial charge in [0.05, 0.1) is 30.3 Å². The Balaban J connectivity index is 0.000000283. The molecule has 28 heavy (non-hydrogen) atoms. The molecule has 2 aromatic rings. The van der Waals surface area contributed by atoms with Crippen molar-refractivity contribution < 1.29 is 34.0 Å². The van der Waals surface area contributed by atoms with Crippen LogP contribution in [0.1, 0.15) is 20.7 Å². The minimum atomic E-state index is -1.50. The van der Waals surface area contributed by atoms with Crippen molar-refractivity contribution in [2.75, 3.05) is 14.2 Å². The quantitative estimate of drug-likeness (QED) is 0.410. The number of nitrogens with one attached hydrogen (secondary N) is 1. The molecule has 0 bridgehead atoms. The molecule has 148 valence electrons. The zero-order valence-electron chi connectivity index (χ0n) is 14.3. The number of carboxylic acid groups (broad SMARTS) is 1. The summed E-state index contributed by atoms with van der Waals surface area (Å²) in [6.45, 7) is 0.